The van der Waals surface area contributed by atoms with Gasteiger partial charge in [0, 0.05) is 18.5 Å². The van der Waals surface area contributed by atoms with Crippen LogP contribution in [0.4, 0.5) is 8.78 Å². The summed E-state index contributed by atoms with van der Waals surface area (Å²) in [6.45, 7) is 3.77. The van der Waals surface area contributed by atoms with E-state index in [0.29, 0.717) is 4.90 Å². The first-order chi connectivity index (χ1) is 8.91. The molecule has 0 N–H and O–H groups in total. The van der Waals surface area contributed by atoms with Crippen LogP contribution in [-0.2, 0) is 10.8 Å². The van der Waals surface area contributed by atoms with E-state index in [-0.39, 0.29) is 17.3 Å². The maximum absolute atomic E-state index is 13.8. The van der Waals surface area contributed by atoms with E-state index in [9.17, 15) is 13.0 Å². The van der Waals surface area contributed by atoms with E-state index >= 15 is 0 Å². The number of nitrogens with zero attached hydrogens (tertiary/aromatic N) is 2. The Morgan fingerprint density at radius 3 is 2.32 bits per heavy atom. The molecule has 0 amide bonds. The van der Waals surface area contributed by atoms with Crippen LogP contribution in [0.2, 0.25) is 0 Å². The highest BCUT2D eigenvalue weighted by Gasteiger charge is 2.21. The van der Waals surface area contributed by atoms with Crippen LogP contribution in [0.25, 0.3) is 11.3 Å². The van der Waals surface area contributed by atoms with Gasteiger partial charge in [-0.25, -0.2) is 8.78 Å². The standard InChI is InChI=1S/C13H14F2N2OS/c1-8(2)17-7-11(19(3)18)13(16-17)12-9(14)5-4-6-10(12)15/h4-8H,1-3H3. The lowest BCUT2D eigenvalue weighted by atomic mass is 10.1. The quantitative estimate of drug-likeness (QED) is 0.868. The summed E-state index contributed by atoms with van der Waals surface area (Å²) in [7, 11) is -1.37. The first-order valence-corrected chi connectivity index (χ1v) is 7.34. The van der Waals surface area contributed by atoms with Gasteiger partial charge in [-0.2, -0.15) is 5.10 Å². The average molecular weight is 284 g/mol. The highest BCUT2D eigenvalue weighted by Crippen LogP contribution is 2.30. The van der Waals surface area contributed by atoms with Crippen molar-refractivity contribution in [3.63, 3.8) is 0 Å². The van der Waals surface area contributed by atoms with Gasteiger partial charge in [-0.1, -0.05) is 6.07 Å². The van der Waals surface area contributed by atoms with Gasteiger partial charge < -0.3 is 0 Å². The molecular formula is C13H14F2N2OS. The van der Waals surface area contributed by atoms with E-state index in [1.165, 1.54) is 12.3 Å². The molecule has 0 aliphatic rings. The molecule has 0 bridgehead atoms. The molecule has 19 heavy (non-hydrogen) atoms. The summed E-state index contributed by atoms with van der Waals surface area (Å²) in [6, 6.07) is 3.63. The van der Waals surface area contributed by atoms with Crippen LogP contribution in [0.3, 0.4) is 0 Å². The normalized spacial score (nSPS) is 12.9. The number of benzene rings is 1. The summed E-state index contributed by atoms with van der Waals surface area (Å²) in [6.07, 6.45) is 3.03. The zero-order chi connectivity index (χ0) is 14.2. The third kappa shape index (κ3) is 2.58. The molecule has 0 radical (unpaired) electrons. The van der Waals surface area contributed by atoms with Gasteiger partial charge in [0.1, 0.15) is 17.3 Å². The molecule has 1 heterocycles. The molecule has 1 aromatic heterocycles. The minimum absolute atomic E-state index is 0.0193. The zero-order valence-electron chi connectivity index (χ0n) is 10.9. The molecule has 6 heteroatoms. The van der Waals surface area contributed by atoms with Gasteiger partial charge in [0.2, 0.25) is 0 Å². The van der Waals surface area contributed by atoms with Crippen molar-refractivity contribution in [2.75, 3.05) is 6.26 Å². The Bertz CT molecular complexity index is 617. The Morgan fingerprint density at radius 2 is 1.84 bits per heavy atom. The monoisotopic (exact) mass is 284 g/mol. The van der Waals surface area contributed by atoms with Crippen LogP contribution < -0.4 is 0 Å². The molecule has 2 aromatic rings. The zero-order valence-corrected chi connectivity index (χ0v) is 11.7. The van der Waals surface area contributed by atoms with E-state index in [1.54, 1.807) is 10.9 Å². The number of aromatic nitrogens is 2. The number of hydrogen-bond donors (Lipinski definition) is 0. The molecule has 0 spiro atoms. The van der Waals surface area contributed by atoms with Gasteiger partial charge in [-0.3, -0.25) is 8.89 Å². The van der Waals surface area contributed by atoms with Crippen molar-refractivity contribution in [3.8, 4) is 11.3 Å². The molecule has 0 saturated carbocycles. The highest BCUT2D eigenvalue weighted by molar-refractivity contribution is 7.84. The predicted molar refractivity (Wildman–Crippen MR) is 70.3 cm³/mol. The van der Waals surface area contributed by atoms with Crippen molar-refractivity contribution in [2.45, 2.75) is 24.8 Å². The molecule has 0 aliphatic heterocycles. The maximum Gasteiger partial charge on any atom is 0.135 e. The fraction of sp³-hybridized carbons (Fsp3) is 0.308. The topological polar surface area (TPSA) is 34.9 Å². The Labute approximate surface area is 112 Å². The van der Waals surface area contributed by atoms with Gasteiger partial charge >= 0.3 is 0 Å². The lowest BCUT2D eigenvalue weighted by molar-refractivity contribution is 0.530. The van der Waals surface area contributed by atoms with Gasteiger partial charge in [-0.05, 0) is 26.0 Å². The van der Waals surface area contributed by atoms with E-state index in [1.807, 2.05) is 13.8 Å². The van der Waals surface area contributed by atoms with E-state index in [0.717, 1.165) is 12.1 Å². The van der Waals surface area contributed by atoms with E-state index in [2.05, 4.69) is 5.10 Å². The third-order valence-electron chi connectivity index (χ3n) is 2.74. The lowest BCUT2D eigenvalue weighted by Crippen LogP contribution is -2.01. The van der Waals surface area contributed by atoms with Crippen molar-refractivity contribution >= 4 is 10.8 Å². The van der Waals surface area contributed by atoms with Crippen molar-refractivity contribution in [3.05, 3.63) is 36.0 Å². The number of rotatable bonds is 3. The second-order valence-electron chi connectivity index (χ2n) is 4.47. The largest absolute Gasteiger partial charge is 0.268 e. The van der Waals surface area contributed by atoms with Crippen LogP contribution in [0.5, 0.6) is 0 Å². The molecule has 1 unspecified atom stereocenters. The van der Waals surface area contributed by atoms with E-state index in [4.69, 9.17) is 0 Å². The minimum atomic E-state index is -1.37. The summed E-state index contributed by atoms with van der Waals surface area (Å²) in [5.41, 5.74) is -0.128. The van der Waals surface area contributed by atoms with Gasteiger partial charge in [-0.15, -0.1) is 0 Å². The fourth-order valence-electron chi connectivity index (χ4n) is 1.75. The first kappa shape index (κ1) is 13.9. The Morgan fingerprint density at radius 1 is 1.26 bits per heavy atom. The summed E-state index contributed by atoms with van der Waals surface area (Å²) in [5, 5.41) is 4.17. The van der Waals surface area contributed by atoms with Crippen LogP contribution in [0.15, 0.2) is 29.3 Å². The Balaban J connectivity index is 2.71. The maximum atomic E-state index is 13.8. The Kier molecular flexibility index (Phi) is 3.80. The van der Waals surface area contributed by atoms with Crippen LogP contribution in [0.1, 0.15) is 19.9 Å². The summed E-state index contributed by atoms with van der Waals surface area (Å²) >= 11 is 0. The van der Waals surface area contributed by atoms with Crippen LogP contribution in [-0.4, -0.2) is 20.2 Å². The van der Waals surface area contributed by atoms with Crippen molar-refractivity contribution < 1.29 is 13.0 Å². The van der Waals surface area contributed by atoms with Crippen molar-refractivity contribution in [2.24, 2.45) is 0 Å². The van der Waals surface area contributed by atoms with Gasteiger partial charge in [0.15, 0.2) is 0 Å². The Hall–Kier alpha value is -1.56. The molecule has 102 valence electrons. The molecule has 2 rings (SSSR count). The number of hydrogen-bond acceptors (Lipinski definition) is 2. The second kappa shape index (κ2) is 5.21. The molecule has 0 fully saturated rings. The molecular weight excluding hydrogens is 270 g/mol. The SMILES string of the molecule is CC(C)n1cc(S(C)=O)c(-c2c(F)cccc2F)n1. The molecule has 0 saturated heterocycles. The number of halogens is 2. The van der Waals surface area contributed by atoms with Crippen molar-refractivity contribution in [1.82, 2.24) is 9.78 Å². The van der Waals surface area contributed by atoms with Crippen molar-refractivity contribution in [1.29, 1.82) is 0 Å². The van der Waals surface area contributed by atoms with Gasteiger partial charge in [0.25, 0.3) is 0 Å². The minimum Gasteiger partial charge on any atom is -0.268 e. The smallest absolute Gasteiger partial charge is 0.135 e. The van der Waals surface area contributed by atoms with Gasteiger partial charge in [0.05, 0.1) is 21.3 Å². The second-order valence-corrected chi connectivity index (χ2v) is 5.81. The van der Waals surface area contributed by atoms with E-state index < -0.39 is 22.4 Å². The first-order valence-electron chi connectivity index (χ1n) is 5.78. The van der Waals surface area contributed by atoms with Crippen LogP contribution in [0, 0.1) is 11.6 Å². The molecule has 1 aromatic carbocycles. The highest BCUT2D eigenvalue weighted by atomic mass is 32.2. The van der Waals surface area contributed by atoms with Crippen LogP contribution >= 0.6 is 0 Å². The molecule has 3 nitrogen and oxygen atoms in total. The summed E-state index contributed by atoms with van der Waals surface area (Å²) in [4.78, 5) is 0.331. The molecule has 0 aliphatic carbocycles. The lowest BCUT2D eigenvalue weighted by Gasteiger charge is -2.04. The summed E-state index contributed by atoms with van der Waals surface area (Å²) < 4.78 is 40.9. The average Bonchev–Trinajstić information content (AvgIpc) is 2.73. The summed E-state index contributed by atoms with van der Waals surface area (Å²) in [5.74, 6) is -1.42. The third-order valence-corrected chi connectivity index (χ3v) is 3.65. The molecule has 1 atom stereocenters. The predicted octanol–water partition coefficient (Wildman–Crippen LogP) is 3.15. The fourth-order valence-corrected chi connectivity index (χ4v) is 2.42.